The Labute approximate surface area is 94.3 Å². The molecule has 0 amide bonds. The van der Waals surface area contributed by atoms with Crippen LogP contribution in [0.5, 0.6) is 0 Å². The minimum atomic E-state index is 0.578. The van der Waals surface area contributed by atoms with Crippen LogP contribution in [0.25, 0.3) is 0 Å². The van der Waals surface area contributed by atoms with E-state index < -0.39 is 0 Å². The number of hydrogen-bond donors (Lipinski definition) is 1. The van der Waals surface area contributed by atoms with Crippen molar-refractivity contribution in [3.63, 3.8) is 0 Å². The maximum atomic E-state index is 8.74. The number of nitrogens with one attached hydrogen (secondary N) is 1. The molecule has 0 aliphatic carbocycles. The zero-order valence-electron chi connectivity index (χ0n) is 8.86. The second kappa shape index (κ2) is 4.75. The monoisotopic (exact) mass is 221 g/mol. The molecule has 1 aliphatic rings. The molecule has 0 radical (unpaired) electrons. The summed E-state index contributed by atoms with van der Waals surface area (Å²) in [5.41, 5.74) is 0. The summed E-state index contributed by atoms with van der Waals surface area (Å²) in [4.78, 5) is 4.54. The van der Waals surface area contributed by atoms with Crippen LogP contribution in [0.15, 0.2) is 12.1 Å². The zero-order valence-corrected chi connectivity index (χ0v) is 9.68. The Morgan fingerprint density at radius 3 is 3.20 bits per heavy atom. The van der Waals surface area contributed by atoms with Crippen molar-refractivity contribution in [1.82, 2.24) is 10.2 Å². The molecule has 4 heteroatoms. The summed E-state index contributed by atoms with van der Waals surface area (Å²) >= 11 is 1.60. The van der Waals surface area contributed by atoms with E-state index in [1.807, 2.05) is 6.07 Å². The first-order valence-electron chi connectivity index (χ1n) is 5.22. The van der Waals surface area contributed by atoms with E-state index >= 15 is 0 Å². The predicted octanol–water partition coefficient (Wildman–Crippen LogP) is 1.41. The standard InChI is InChI=1S/C11H15N3S/c1-9-7-14(5-4-13-9)8-11-3-2-10(6-12)15-11/h2-3,9,13H,4-5,7-8H2,1H3. The fourth-order valence-corrected chi connectivity index (χ4v) is 2.75. The van der Waals surface area contributed by atoms with Gasteiger partial charge in [-0.25, -0.2) is 0 Å². The molecule has 1 aromatic rings. The molecule has 0 aromatic carbocycles. The molecule has 15 heavy (non-hydrogen) atoms. The van der Waals surface area contributed by atoms with Crippen LogP contribution >= 0.6 is 11.3 Å². The fourth-order valence-electron chi connectivity index (χ4n) is 1.90. The lowest BCUT2D eigenvalue weighted by Crippen LogP contribution is -2.48. The van der Waals surface area contributed by atoms with Crippen LogP contribution in [-0.4, -0.2) is 30.6 Å². The lowest BCUT2D eigenvalue weighted by molar-refractivity contribution is 0.201. The quantitative estimate of drug-likeness (QED) is 0.821. The Morgan fingerprint density at radius 2 is 2.53 bits per heavy atom. The molecule has 2 heterocycles. The first kappa shape index (κ1) is 10.6. The normalized spacial score (nSPS) is 22.5. The van der Waals surface area contributed by atoms with Gasteiger partial charge in [0.25, 0.3) is 0 Å². The summed E-state index contributed by atoms with van der Waals surface area (Å²) in [6, 6.07) is 6.73. The molecule has 1 N–H and O–H groups in total. The smallest absolute Gasteiger partial charge is 0.110 e. The van der Waals surface area contributed by atoms with Crippen LogP contribution in [-0.2, 0) is 6.54 Å². The van der Waals surface area contributed by atoms with E-state index in [-0.39, 0.29) is 0 Å². The van der Waals surface area contributed by atoms with E-state index in [0.29, 0.717) is 6.04 Å². The second-order valence-corrected chi connectivity index (χ2v) is 5.14. The molecule has 1 unspecified atom stereocenters. The average molecular weight is 221 g/mol. The van der Waals surface area contributed by atoms with Crippen LogP contribution in [0.2, 0.25) is 0 Å². The molecule has 1 fully saturated rings. The first-order chi connectivity index (χ1) is 7.28. The van der Waals surface area contributed by atoms with Crippen LogP contribution < -0.4 is 5.32 Å². The third-order valence-corrected chi connectivity index (χ3v) is 3.58. The third kappa shape index (κ3) is 2.78. The van der Waals surface area contributed by atoms with Gasteiger partial charge in [-0.2, -0.15) is 5.26 Å². The Hall–Kier alpha value is -0.890. The summed E-state index contributed by atoms with van der Waals surface area (Å²) < 4.78 is 0. The Kier molecular flexibility index (Phi) is 3.37. The van der Waals surface area contributed by atoms with Crippen molar-refractivity contribution in [2.24, 2.45) is 0 Å². The lowest BCUT2D eigenvalue weighted by Gasteiger charge is -2.31. The van der Waals surface area contributed by atoms with Crippen molar-refractivity contribution in [3.05, 3.63) is 21.9 Å². The van der Waals surface area contributed by atoms with Gasteiger partial charge in [0, 0.05) is 37.1 Å². The Bertz CT molecular complexity index is 366. The molecule has 1 atom stereocenters. The maximum absolute atomic E-state index is 8.74. The van der Waals surface area contributed by atoms with Gasteiger partial charge in [-0.1, -0.05) is 0 Å². The molecule has 0 saturated carbocycles. The predicted molar refractivity (Wildman–Crippen MR) is 61.8 cm³/mol. The van der Waals surface area contributed by atoms with Crippen molar-refractivity contribution < 1.29 is 0 Å². The van der Waals surface area contributed by atoms with Crippen LogP contribution in [0.3, 0.4) is 0 Å². The van der Waals surface area contributed by atoms with E-state index in [1.54, 1.807) is 11.3 Å². The summed E-state index contributed by atoms with van der Waals surface area (Å²) in [6.07, 6.45) is 0. The fraction of sp³-hybridized carbons (Fsp3) is 0.545. The number of nitrogens with zero attached hydrogens (tertiary/aromatic N) is 2. The van der Waals surface area contributed by atoms with Gasteiger partial charge >= 0.3 is 0 Å². The topological polar surface area (TPSA) is 39.1 Å². The summed E-state index contributed by atoms with van der Waals surface area (Å²) in [5, 5.41) is 12.2. The molecule has 3 nitrogen and oxygen atoms in total. The highest BCUT2D eigenvalue weighted by Crippen LogP contribution is 2.17. The minimum Gasteiger partial charge on any atom is -0.312 e. The van der Waals surface area contributed by atoms with E-state index in [2.05, 4.69) is 29.3 Å². The Balaban J connectivity index is 1.93. The molecule has 2 rings (SSSR count). The number of piperazine rings is 1. The molecule has 1 saturated heterocycles. The summed E-state index contributed by atoms with van der Waals surface area (Å²) in [7, 11) is 0. The van der Waals surface area contributed by atoms with Gasteiger partial charge in [0.1, 0.15) is 10.9 Å². The number of hydrogen-bond acceptors (Lipinski definition) is 4. The van der Waals surface area contributed by atoms with Gasteiger partial charge in [0.2, 0.25) is 0 Å². The van der Waals surface area contributed by atoms with Gasteiger partial charge < -0.3 is 5.32 Å². The molecule has 0 bridgehead atoms. The van der Waals surface area contributed by atoms with Gasteiger partial charge in [-0.05, 0) is 19.1 Å². The largest absolute Gasteiger partial charge is 0.312 e. The van der Waals surface area contributed by atoms with Gasteiger partial charge in [0.15, 0.2) is 0 Å². The molecular formula is C11H15N3S. The highest BCUT2D eigenvalue weighted by molar-refractivity contribution is 7.12. The molecule has 0 spiro atoms. The molecule has 1 aliphatic heterocycles. The summed E-state index contributed by atoms with van der Waals surface area (Å²) in [5.74, 6) is 0. The SMILES string of the molecule is CC1CN(Cc2ccc(C#N)s2)CCN1. The van der Waals surface area contributed by atoms with Gasteiger partial charge in [-0.3, -0.25) is 4.90 Å². The van der Waals surface area contributed by atoms with Crippen molar-refractivity contribution >= 4 is 11.3 Å². The third-order valence-electron chi connectivity index (χ3n) is 2.60. The van der Waals surface area contributed by atoms with Crippen molar-refractivity contribution in [1.29, 1.82) is 5.26 Å². The number of thiophene rings is 1. The Morgan fingerprint density at radius 1 is 1.67 bits per heavy atom. The van der Waals surface area contributed by atoms with Crippen molar-refractivity contribution in [2.75, 3.05) is 19.6 Å². The zero-order chi connectivity index (χ0) is 10.7. The van der Waals surface area contributed by atoms with E-state index in [1.165, 1.54) is 4.88 Å². The number of rotatable bonds is 2. The lowest BCUT2D eigenvalue weighted by atomic mass is 10.2. The molecule has 80 valence electrons. The molecule has 1 aromatic heterocycles. The summed E-state index contributed by atoms with van der Waals surface area (Å²) in [6.45, 7) is 6.46. The highest BCUT2D eigenvalue weighted by atomic mass is 32.1. The van der Waals surface area contributed by atoms with E-state index in [0.717, 1.165) is 31.1 Å². The van der Waals surface area contributed by atoms with Crippen LogP contribution in [0, 0.1) is 11.3 Å². The second-order valence-electron chi connectivity index (χ2n) is 3.97. The average Bonchev–Trinajstić information content (AvgIpc) is 2.65. The van der Waals surface area contributed by atoms with Crippen LogP contribution in [0.4, 0.5) is 0 Å². The van der Waals surface area contributed by atoms with Gasteiger partial charge in [-0.15, -0.1) is 11.3 Å². The highest BCUT2D eigenvalue weighted by Gasteiger charge is 2.15. The van der Waals surface area contributed by atoms with Crippen LogP contribution in [0.1, 0.15) is 16.7 Å². The van der Waals surface area contributed by atoms with Crippen molar-refractivity contribution in [3.8, 4) is 6.07 Å². The maximum Gasteiger partial charge on any atom is 0.110 e. The van der Waals surface area contributed by atoms with E-state index in [9.17, 15) is 0 Å². The minimum absolute atomic E-state index is 0.578. The first-order valence-corrected chi connectivity index (χ1v) is 6.04. The number of nitriles is 1. The van der Waals surface area contributed by atoms with Gasteiger partial charge in [0.05, 0.1) is 0 Å². The molecular weight excluding hydrogens is 206 g/mol. The van der Waals surface area contributed by atoms with E-state index in [4.69, 9.17) is 5.26 Å². The van der Waals surface area contributed by atoms with Crippen molar-refractivity contribution in [2.45, 2.75) is 19.5 Å².